The van der Waals surface area contributed by atoms with Crippen LogP contribution in [0.4, 0.5) is 24.9 Å². The van der Waals surface area contributed by atoms with Gasteiger partial charge in [0.2, 0.25) is 17.1 Å². The summed E-state index contributed by atoms with van der Waals surface area (Å²) in [6.45, 7) is 4.96. The van der Waals surface area contributed by atoms with Gasteiger partial charge in [-0.25, -0.2) is 32.8 Å². The van der Waals surface area contributed by atoms with E-state index < -0.39 is 29.6 Å². The first-order valence-corrected chi connectivity index (χ1v) is 16.7. The number of likely N-dealkylation sites (N-methyl/N-ethyl adjacent to an activating group) is 1. The highest BCUT2D eigenvalue weighted by Gasteiger charge is 2.41. The second-order valence-corrected chi connectivity index (χ2v) is 12.9. The van der Waals surface area contributed by atoms with Crippen molar-refractivity contribution in [2.24, 2.45) is 0 Å². The molecule has 3 atom stereocenters. The van der Waals surface area contributed by atoms with Crippen LogP contribution >= 0.6 is 11.6 Å². The summed E-state index contributed by atoms with van der Waals surface area (Å²) in [6.07, 6.45) is 2.93. The minimum Gasteiger partial charge on any atom is -0.375 e. The van der Waals surface area contributed by atoms with Crippen molar-refractivity contribution >= 4 is 51.3 Å². The van der Waals surface area contributed by atoms with Crippen LogP contribution < -0.4 is 10.2 Å². The number of hydrogen-bond donors (Lipinski definition) is 1. The molecule has 8 rings (SSSR count). The summed E-state index contributed by atoms with van der Waals surface area (Å²) in [5.41, 5.74) is 2.36. The first kappa shape index (κ1) is 32.8. The van der Waals surface area contributed by atoms with Crippen molar-refractivity contribution in [2.45, 2.75) is 45.0 Å². The van der Waals surface area contributed by atoms with Crippen LogP contribution in [0.3, 0.4) is 0 Å². The van der Waals surface area contributed by atoms with Gasteiger partial charge in [0.05, 0.1) is 41.0 Å². The molecule has 2 aliphatic rings. The largest absolute Gasteiger partial charge is 0.375 e. The zero-order chi connectivity index (χ0) is 35.6. The van der Waals surface area contributed by atoms with Crippen molar-refractivity contribution in [2.75, 3.05) is 37.0 Å². The molecule has 4 aromatic heterocycles. The number of anilines is 2. The molecule has 13 nitrogen and oxygen atoms in total. The van der Waals surface area contributed by atoms with Crippen molar-refractivity contribution in [1.82, 2.24) is 44.2 Å². The lowest BCUT2D eigenvalue weighted by Gasteiger charge is -2.31. The molecule has 1 unspecified atom stereocenters. The molecular weight excluding hydrogens is 687 g/mol. The van der Waals surface area contributed by atoms with Crippen molar-refractivity contribution in [3.05, 3.63) is 77.4 Å². The van der Waals surface area contributed by atoms with Crippen LogP contribution in [-0.2, 0) is 16.1 Å². The predicted octanol–water partition coefficient (Wildman–Crippen LogP) is 4.94. The maximum atomic E-state index is 15.0. The number of rotatable bonds is 4. The summed E-state index contributed by atoms with van der Waals surface area (Å²) in [5.74, 6) is -0.979. The van der Waals surface area contributed by atoms with Gasteiger partial charge in [0.15, 0.2) is 11.5 Å². The summed E-state index contributed by atoms with van der Waals surface area (Å²) < 4.78 is 53.0. The van der Waals surface area contributed by atoms with Crippen LogP contribution in [0, 0.1) is 24.4 Å². The second kappa shape index (κ2) is 12.8. The van der Waals surface area contributed by atoms with Crippen LogP contribution in [0.5, 0.6) is 0 Å². The van der Waals surface area contributed by atoms with E-state index in [2.05, 4.69) is 30.4 Å². The molecule has 4 bridgehead atoms. The zero-order valence-corrected chi connectivity index (χ0v) is 28.4. The minimum absolute atomic E-state index is 0.0345. The number of aryl methyl sites for hydroxylation is 1. The molecule has 6 heterocycles. The Hall–Kier alpha value is -5.35. The van der Waals surface area contributed by atoms with E-state index in [-0.39, 0.29) is 47.6 Å². The quantitative estimate of drug-likeness (QED) is 0.250. The van der Waals surface area contributed by atoms with Crippen LogP contribution in [0.1, 0.15) is 19.2 Å². The monoisotopic (exact) mass is 717 g/mol. The number of benzene rings is 2. The lowest BCUT2D eigenvalue weighted by molar-refractivity contribution is -0.133. The van der Waals surface area contributed by atoms with Gasteiger partial charge in [-0.3, -0.25) is 4.79 Å². The predicted molar refractivity (Wildman–Crippen MR) is 183 cm³/mol. The molecule has 1 fully saturated rings. The average Bonchev–Trinajstić information content (AvgIpc) is 3.79. The average molecular weight is 718 g/mol. The van der Waals surface area contributed by atoms with Crippen LogP contribution in [-0.4, -0.2) is 95.0 Å². The highest BCUT2D eigenvalue weighted by molar-refractivity contribution is 6.28. The zero-order valence-electron chi connectivity index (χ0n) is 27.7. The fourth-order valence-electron chi connectivity index (χ4n) is 7.11. The molecule has 1 saturated heterocycles. The topological polar surface area (TPSA) is 132 Å². The van der Waals surface area contributed by atoms with E-state index in [1.165, 1.54) is 29.1 Å². The summed E-state index contributed by atoms with van der Waals surface area (Å²) in [4.78, 5) is 40.6. The Balaban J connectivity index is 1.24. The van der Waals surface area contributed by atoms with Gasteiger partial charge in [0.25, 0.3) is 0 Å². The minimum atomic E-state index is -0.840. The van der Waals surface area contributed by atoms with E-state index in [0.29, 0.717) is 58.9 Å². The number of carbonyl (C=O) groups is 1. The molecule has 1 amide bonds. The second-order valence-electron chi connectivity index (χ2n) is 12.6. The number of ether oxygens (including phenoxy) is 1. The highest BCUT2D eigenvalue weighted by atomic mass is 35.5. The van der Waals surface area contributed by atoms with Gasteiger partial charge in [-0.2, -0.15) is 15.1 Å². The Labute approximate surface area is 294 Å². The molecule has 6 aromatic rings. The maximum Gasteiger partial charge on any atom is 0.245 e. The lowest BCUT2D eigenvalue weighted by atomic mass is 10.1. The molecule has 2 aliphatic heterocycles. The van der Waals surface area contributed by atoms with E-state index in [1.807, 2.05) is 23.3 Å². The Morgan fingerprint density at radius 3 is 2.67 bits per heavy atom. The number of imidazole rings is 1. The smallest absolute Gasteiger partial charge is 0.245 e. The molecule has 2 aromatic carbocycles. The lowest BCUT2D eigenvalue weighted by Crippen LogP contribution is -2.47. The molecule has 0 aliphatic carbocycles. The fraction of sp³-hybridized carbons (Fsp3) is 0.324. The summed E-state index contributed by atoms with van der Waals surface area (Å²) >= 11 is 6.47. The molecule has 0 saturated carbocycles. The van der Waals surface area contributed by atoms with Crippen molar-refractivity contribution in [3.63, 3.8) is 0 Å². The third-order valence-corrected chi connectivity index (χ3v) is 9.45. The van der Waals surface area contributed by atoms with Crippen molar-refractivity contribution < 1.29 is 22.7 Å². The Morgan fingerprint density at radius 2 is 1.86 bits per heavy atom. The van der Waals surface area contributed by atoms with Crippen LogP contribution in [0.15, 0.2) is 48.8 Å². The SMILES string of the molecule is CCO[C@H]1CN(C)C(=O)[C@@H]2CC(CN2c2nc(Cl)nc3c2cnn3-c2ccc(F)cc2F)Nc2nccc(n2)-c2cc(F)cc3nc(C)n(c23)C1. The molecule has 0 radical (unpaired) electrons. The van der Waals surface area contributed by atoms with Crippen molar-refractivity contribution in [3.8, 4) is 16.9 Å². The third kappa shape index (κ3) is 5.87. The van der Waals surface area contributed by atoms with Gasteiger partial charge in [-0.1, -0.05) is 0 Å². The van der Waals surface area contributed by atoms with Gasteiger partial charge < -0.3 is 24.4 Å². The van der Waals surface area contributed by atoms with Gasteiger partial charge in [-0.05, 0) is 56.1 Å². The fourth-order valence-corrected chi connectivity index (χ4v) is 7.27. The summed E-state index contributed by atoms with van der Waals surface area (Å²) in [5, 5.41) is 7.97. The molecular formula is C34H31ClF3N11O2. The number of nitrogens with one attached hydrogen (secondary N) is 1. The van der Waals surface area contributed by atoms with Gasteiger partial charge in [0, 0.05) is 56.7 Å². The van der Waals surface area contributed by atoms with E-state index >= 15 is 0 Å². The standard InChI is InChI=1S/C34H31ClF3N11O2/c1-4-51-21-15-46(3)32(50)28-12-20(42-34-39-8-7-25(43-34)22-9-19(37)11-26-29(22)47(16-21)17(2)41-26)14-48(28)30-23-13-40-49(31(23)45-33(35)44-30)27-6-5-18(36)10-24(27)38/h5-11,13,20-21,28H,4,12,14-16H2,1-3H3,(H,39,42,43)/t20?,21-,28-/m0/s1. The first-order chi connectivity index (χ1) is 24.6. The molecule has 17 heteroatoms. The molecule has 262 valence electrons. The van der Waals surface area contributed by atoms with Crippen LogP contribution in [0.2, 0.25) is 5.28 Å². The van der Waals surface area contributed by atoms with E-state index in [9.17, 15) is 18.0 Å². The first-order valence-electron chi connectivity index (χ1n) is 16.3. The number of halogens is 4. The molecule has 51 heavy (non-hydrogen) atoms. The summed E-state index contributed by atoms with van der Waals surface area (Å²) in [7, 11) is 1.72. The van der Waals surface area contributed by atoms with Gasteiger partial charge in [-0.15, -0.1) is 0 Å². The van der Waals surface area contributed by atoms with E-state index in [1.54, 1.807) is 24.2 Å². The van der Waals surface area contributed by atoms with Gasteiger partial charge >= 0.3 is 0 Å². The number of fused-ring (bicyclic) bond motifs is 6. The maximum absolute atomic E-state index is 15.0. The van der Waals surface area contributed by atoms with E-state index in [0.717, 1.165) is 12.1 Å². The molecule has 0 spiro atoms. The molecule has 1 N–H and O–H groups in total. The van der Waals surface area contributed by atoms with Crippen LogP contribution in [0.25, 0.3) is 39.0 Å². The van der Waals surface area contributed by atoms with Crippen molar-refractivity contribution in [1.29, 1.82) is 0 Å². The number of hydrogen-bond acceptors (Lipinski definition) is 10. The number of nitrogens with zero attached hydrogens (tertiary/aromatic N) is 10. The van der Waals surface area contributed by atoms with Gasteiger partial charge in [0.1, 0.15) is 35.0 Å². The third-order valence-electron chi connectivity index (χ3n) is 9.28. The number of carbonyl (C=O) groups excluding carboxylic acids is 1. The normalized spacial score (nSPS) is 19.4. The Kier molecular flexibility index (Phi) is 8.21. The Bertz CT molecular complexity index is 2330. The summed E-state index contributed by atoms with van der Waals surface area (Å²) in [6, 6.07) is 6.58. The number of amides is 1. The van der Waals surface area contributed by atoms with E-state index in [4.69, 9.17) is 21.3 Å². The Morgan fingerprint density at radius 1 is 1.02 bits per heavy atom. The number of aromatic nitrogens is 8. The highest BCUT2D eigenvalue weighted by Crippen LogP contribution is 2.35.